The first-order valence-corrected chi connectivity index (χ1v) is 10.2. The van der Waals surface area contributed by atoms with Crippen LogP contribution in [0.15, 0.2) is 18.2 Å². The number of hydrogen-bond acceptors (Lipinski definition) is 2. The molecule has 0 amide bonds. The number of benzene rings is 1. The van der Waals surface area contributed by atoms with Crippen LogP contribution in [-0.2, 0) is 10.8 Å². The average Bonchev–Trinajstić information content (AvgIpc) is 2.87. The Morgan fingerprint density at radius 1 is 1.12 bits per heavy atom. The van der Waals surface area contributed by atoms with Crippen LogP contribution >= 0.6 is 0 Å². The summed E-state index contributed by atoms with van der Waals surface area (Å²) in [5.41, 5.74) is 4.37. The van der Waals surface area contributed by atoms with Crippen LogP contribution in [0.2, 0.25) is 0 Å². The van der Waals surface area contributed by atoms with Crippen molar-refractivity contribution < 1.29 is 5.11 Å². The smallest absolute Gasteiger partial charge is 0.0907 e. The highest BCUT2D eigenvalue weighted by Crippen LogP contribution is 2.73. The number of likely N-dealkylation sites (tertiary alicyclic amines) is 1. The van der Waals surface area contributed by atoms with Crippen molar-refractivity contribution in [2.45, 2.75) is 80.8 Å². The molecule has 3 saturated carbocycles. The Labute approximate surface area is 145 Å². The lowest BCUT2D eigenvalue weighted by Crippen LogP contribution is -2.75. The van der Waals surface area contributed by atoms with Gasteiger partial charge in [-0.1, -0.05) is 43.0 Å². The van der Waals surface area contributed by atoms with Crippen molar-refractivity contribution in [1.82, 2.24) is 4.90 Å². The quantitative estimate of drug-likeness (QED) is 0.897. The maximum Gasteiger partial charge on any atom is 0.0907 e. The van der Waals surface area contributed by atoms with Crippen molar-refractivity contribution in [3.8, 4) is 0 Å². The fourth-order valence-electron chi connectivity index (χ4n) is 7.60. The summed E-state index contributed by atoms with van der Waals surface area (Å²) in [6.45, 7) is 4.66. The molecule has 4 unspecified atom stereocenters. The summed E-state index contributed by atoms with van der Waals surface area (Å²) in [6, 6.07) is 7.55. The highest BCUT2D eigenvalue weighted by molar-refractivity contribution is 5.60. The molecular weight excluding hydrogens is 294 g/mol. The minimum Gasteiger partial charge on any atom is -0.387 e. The molecule has 0 radical (unpaired) electrons. The molecule has 6 rings (SSSR count). The van der Waals surface area contributed by atoms with Gasteiger partial charge in [0.15, 0.2) is 0 Å². The molecule has 2 nitrogen and oxygen atoms in total. The van der Waals surface area contributed by atoms with Crippen molar-refractivity contribution in [1.29, 1.82) is 0 Å². The van der Waals surface area contributed by atoms with Crippen molar-refractivity contribution >= 4 is 0 Å². The van der Waals surface area contributed by atoms with Crippen LogP contribution in [0.5, 0.6) is 0 Å². The molecule has 128 valence electrons. The normalized spacial score (nSPS) is 46.0. The summed E-state index contributed by atoms with van der Waals surface area (Å²) in [4.78, 5) is 2.69. The van der Waals surface area contributed by atoms with E-state index in [9.17, 15) is 5.11 Å². The van der Waals surface area contributed by atoms with Crippen LogP contribution in [0.1, 0.15) is 68.1 Å². The Balaban J connectivity index is 1.49. The lowest BCUT2D eigenvalue weighted by molar-refractivity contribution is -0.151. The maximum atomic E-state index is 12.0. The Kier molecular flexibility index (Phi) is 2.55. The zero-order valence-electron chi connectivity index (χ0n) is 14.9. The first-order chi connectivity index (χ1) is 11.6. The zero-order chi connectivity index (χ0) is 16.2. The van der Waals surface area contributed by atoms with Gasteiger partial charge in [-0.3, -0.25) is 4.90 Å². The van der Waals surface area contributed by atoms with Gasteiger partial charge >= 0.3 is 0 Å². The predicted molar refractivity (Wildman–Crippen MR) is 95.3 cm³/mol. The molecule has 1 saturated heterocycles. The van der Waals surface area contributed by atoms with Gasteiger partial charge in [0, 0.05) is 23.9 Å². The van der Waals surface area contributed by atoms with E-state index in [0.717, 1.165) is 12.3 Å². The fraction of sp³-hybridized carbons (Fsp3) is 0.727. The van der Waals surface area contributed by atoms with Gasteiger partial charge < -0.3 is 5.11 Å². The Bertz CT molecular complexity index is 725. The van der Waals surface area contributed by atoms with Gasteiger partial charge in [-0.2, -0.15) is 0 Å². The van der Waals surface area contributed by atoms with E-state index < -0.39 is 5.60 Å². The van der Waals surface area contributed by atoms with E-state index in [4.69, 9.17) is 0 Å². The first-order valence-electron chi connectivity index (χ1n) is 10.2. The van der Waals surface area contributed by atoms with Crippen LogP contribution in [0, 0.1) is 12.8 Å². The van der Waals surface area contributed by atoms with Gasteiger partial charge in [0.25, 0.3) is 0 Å². The number of fused-ring (bicyclic) bond motifs is 2. The van der Waals surface area contributed by atoms with E-state index in [1.807, 2.05) is 0 Å². The molecule has 2 bridgehead atoms. The predicted octanol–water partition coefficient (Wildman–Crippen LogP) is 3.68. The van der Waals surface area contributed by atoms with Crippen LogP contribution < -0.4 is 0 Å². The molecule has 2 heteroatoms. The summed E-state index contributed by atoms with van der Waals surface area (Å²) in [7, 11) is 0. The minimum absolute atomic E-state index is 0.0611. The summed E-state index contributed by atoms with van der Waals surface area (Å²) >= 11 is 0. The minimum atomic E-state index is -0.464. The zero-order valence-corrected chi connectivity index (χ0v) is 14.9. The average molecular weight is 323 g/mol. The van der Waals surface area contributed by atoms with Gasteiger partial charge in [0.2, 0.25) is 0 Å². The third kappa shape index (κ3) is 1.37. The van der Waals surface area contributed by atoms with Crippen molar-refractivity contribution in [3.05, 3.63) is 34.9 Å². The van der Waals surface area contributed by atoms with Crippen LogP contribution in [-0.4, -0.2) is 34.7 Å². The first kappa shape index (κ1) is 14.3. The molecular formula is C22H29NO. The van der Waals surface area contributed by atoms with Crippen molar-refractivity contribution in [2.24, 2.45) is 5.92 Å². The highest BCUT2D eigenvalue weighted by Gasteiger charge is 2.80. The summed E-state index contributed by atoms with van der Waals surface area (Å²) in [6.07, 6.45) is 10.2. The molecule has 4 atom stereocenters. The Morgan fingerprint density at radius 2 is 1.96 bits per heavy atom. The molecule has 2 spiro atoms. The molecule has 5 aliphatic rings. The molecule has 1 aromatic rings. The molecule has 1 aliphatic heterocycles. The van der Waals surface area contributed by atoms with Gasteiger partial charge in [-0.25, -0.2) is 0 Å². The van der Waals surface area contributed by atoms with Gasteiger partial charge in [0.05, 0.1) is 11.6 Å². The number of aryl methyl sites for hydroxylation is 1. The van der Waals surface area contributed by atoms with E-state index in [-0.39, 0.29) is 10.8 Å². The van der Waals surface area contributed by atoms with Crippen LogP contribution in [0.4, 0.5) is 0 Å². The Hall–Kier alpha value is -0.860. The number of nitrogens with zero attached hydrogens (tertiary/aromatic N) is 1. The van der Waals surface area contributed by atoms with Crippen molar-refractivity contribution in [2.75, 3.05) is 13.1 Å². The van der Waals surface area contributed by atoms with E-state index in [1.165, 1.54) is 69.2 Å². The Morgan fingerprint density at radius 3 is 2.75 bits per heavy atom. The van der Waals surface area contributed by atoms with Gasteiger partial charge in [-0.15, -0.1) is 0 Å². The molecule has 1 heterocycles. The van der Waals surface area contributed by atoms with Gasteiger partial charge in [0.1, 0.15) is 0 Å². The van der Waals surface area contributed by atoms with Gasteiger partial charge in [-0.05, 0) is 56.1 Å². The number of hydrogen-bond donors (Lipinski definition) is 1. The van der Waals surface area contributed by atoms with E-state index in [1.54, 1.807) is 5.56 Å². The second kappa shape index (κ2) is 4.27. The molecule has 1 aromatic carbocycles. The molecule has 24 heavy (non-hydrogen) atoms. The van der Waals surface area contributed by atoms with E-state index >= 15 is 0 Å². The lowest BCUT2D eigenvalue weighted by Gasteiger charge is -2.63. The van der Waals surface area contributed by atoms with Crippen molar-refractivity contribution in [3.63, 3.8) is 0 Å². The fourth-order valence-corrected chi connectivity index (χ4v) is 7.60. The second-order valence-electron chi connectivity index (χ2n) is 9.72. The third-order valence-electron chi connectivity index (χ3n) is 8.63. The molecule has 1 N–H and O–H groups in total. The second-order valence-corrected chi connectivity index (χ2v) is 9.72. The summed E-state index contributed by atoms with van der Waals surface area (Å²) in [5, 5.41) is 12.0. The lowest BCUT2D eigenvalue weighted by atomic mass is 9.55. The number of aliphatic hydroxyl groups is 1. The molecule has 4 fully saturated rings. The standard InChI is InChI=1S/C22H29NO/c1-15-7-8-17-18(11-15)21-9-2-3-10-22(21,24)19-20(17,13-21)14-23(19)12-16-5-4-6-16/h7-8,11,16,19,24H,2-6,9-10,12-14H2,1H3. The summed E-state index contributed by atoms with van der Waals surface area (Å²) in [5.74, 6) is 0.905. The SMILES string of the molecule is Cc1ccc2c(c1)C13CCCCC1(O)C1N(CC4CCC4)CC21C3. The third-order valence-corrected chi connectivity index (χ3v) is 8.63. The largest absolute Gasteiger partial charge is 0.387 e. The maximum absolute atomic E-state index is 12.0. The van der Waals surface area contributed by atoms with E-state index in [0.29, 0.717) is 6.04 Å². The molecule has 4 aliphatic carbocycles. The van der Waals surface area contributed by atoms with E-state index in [2.05, 4.69) is 30.0 Å². The highest BCUT2D eigenvalue weighted by atomic mass is 16.3. The van der Waals surface area contributed by atoms with Crippen LogP contribution in [0.25, 0.3) is 0 Å². The number of rotatable bonds is 2. The monoisotopic (exact) mass is 323 g/mol. The topological polar surface area (TPSA) is 23.5 Å². The van der Waals surface area contributed by atoms with Crippen LogP contribution in [0.3, 0.4) is 0 Å². The summed E-state index contributed by atoms with van der Waals surface area (Å²) < 4.78 is 0. The molecule has 0 aromatic heterocycles.